The van der Waals surface area contributed by atoms with Crippen molar-refractivity contribution in [2.75, 3.05) is 18.4 Å². The van der Waals surface area contributed by atoms with Crippen molar-refractivity contribution < 1.29 is 14.3 Å². The van der Waals surface area contributed by atoms with E-state index in [1.54, 1.807) is 6.07 Å². The number of pyridine rings is 1. The Hall–Kier alpha value is -3.25. The Labute approximate surface area is 181 Å². The number of hydrogen-bond donors (Lipinski definition) is 3. The van der Waals surface area contributed by atoms with E-state index in [0.29, 0.717) is 24.4 Å². The van der Waals surface area contributed by atoms with Crippen LogP contribution in [0, 0.1) is 11.7 Å². The Bertz CT molecular complexity index is 1040. The van der Waals surface area contributed by atoms with E-state index in [-0.39, 0.29) is 12.5 Å². The van der Waals surface area contributed by atoms with E-state index in [1.807, 2.05) is 30.5 Å². The minimum atomic E-state index is -0.961. The third-order valence-corrected chi connectivity index (χ3v) is 5.68. The van der Waals surface area contributed by atoms with Gasteiger partial charge in [-0.25, -0.2) is 4.39 Å². The first-order chi connectivity index (χ1) is 15.1. The Morgan fingerprint density at radius 1 is 1.16 bits per heavy atom. The lowest BCUT2D eigenvalue weighted by atomic mass is 9.86. The number of benzene rings is 2. The molecule has 0 aliphatic carbocycles. The second-order valence-corrected chi connectivity index (χ2v) is 7.97. The van der Waals surface area contributed by atoms with Gasteiger partial charge in [-0.15, -0.1) is 0 Å². The summed E-state index contributed by atoms with van der Waals surface area (Å²) in [5.74, 6) is -1.04. The minimum Gasteiger partial charge on any atom is -0.481 e. The number of nitrogens with zero attached hydrogens (tertiary/aromatic N) is 1. The number of aliphatic carboxylic acids is 1. The van der Waals surface area contributed by atoms with Gasteiger partial charge in [0.2, 0.25) is 0 Å². The molecule has 6 heteroatoms. The first-order valence-corrected chi connectivity index (χ1v) is 10.5. The Morgan fingerprint density at radius 3 is 2.77 bits per heavy atom. The zero-order chi connectivity index (χ0) is 21.6. The molecule has 0 radical (unpaired) electrons. The van der Waals surface area contributed by atoms with Gasteiger partial charge in [0.05, 0.1) is 17.8 Å². The zero-order valence-corrected chi connectivity index (χ0v) is 17.2. The number of aromatic nitrogens is 1. The topological polar surface area (TPSA) is 74.2 Å². The maximum atomic E-state index is 13.9. The van der Waals surface area contributed by atoms with E-state index in [1.165, 1.54) is 17.7 Å². The van der Waals surface area contributed by atoms with Crippen molar-refractivity contribution in [3.8, 4) is 0 Å². The van der Waals surface area contributed by atoms with Crippen LogP contribution in [0.4, 0.5) is 10.1 Å². The molecule has 2 heterocycles. The van der Waals surface area contributed by atoms with Crippen LogP contribution in [-0.4, -0.2) is 29.1 Å². The summed E-state index contributed by atoms with van der Waals surface area (Å²) in [6.45, 7) is 1.50. The fourth-order valence-corrected chi connectivity index (χ4v) is 4.29. The lowest BCUT2D eigenvalue weighted by molar-refractivity contribution is -0.136. The van der Waals surface area contributed by atoms with Crippen molar-refractivity contribution in [2.45, 2.75) is 25.3 Å². The molecule has 0 bridgehead atoms. The first kappa shape index (κ1) is 21.0. The van der Waals surface area contributed by atoms with Gasteiger partial charge in [-0.2, -0.15) is 0 Å². The number of nitrogens with one attached hydrogen (secondary N) is 2. The van der Waals surface area contributed by atoms with Crippen LogP contribution < -0.4 is 10.6 Å². The standard InChI is InChI=1S/C25H26FN3O2/c26-21-12-17(11-18(13-21)14-24(30)31)8-10-28-25(19-5-2-1-3-6-19)20-15-23-22(29-16-20)7-4-9-27-23/h1-7,9,11-13,20,25,28-29H,8,10,14-16H2,(H,30,31)/t20-,25-/m1/s1. The molecule has 3 N–H and O–H groups in total. The quantitative estimate of drug-likeness (QED) is 0.515. The van der Waals surface area contributed by atoms with Crippen LogP contribution in [0.15, 0.2) is 66.9 Å². The fourth-order valence-electron chi connectivity index (χ4n) is 4.29. The maximum Gasteiger partial charge on any atom is 0.307 e. The van der Waals surface area contributed by atoms with Gasteiger partial charge in [0.1, 0.15) is 5.82 Å². The van der Waals surface area contributed by atoms with E-state index in [4.69, 9.17) is 5.11 Å². The molecule has 0 spiro atoms. The summed E-state index contributed by atoms with van der Waals surface area (Å²) in [5, 5.41) is 16.1. The molecule has 0 saturated carbocycles. The van der Waals surface area contributed by atoms with Crippen LogP contribution in [-0.2, 0) is 24.1 Å². The van der Waals surface area contributed by atoms with Crippen molar-refractivity contribution >= 4 is 11.7 Å². The van der Waals surface area contributed by atoms with Crippen molar-refractivity contribution in [1.82, 2.24) is 10.3 Å². The molecule has 1 aliphatic rings. The van der Waals surface area contributed by atoms with Gasteiger partial charge in [-0.05, 0) is 60.3 Å². The molecule has 0 saturated heterocycles. The highest BCUT2D eigenvalue weighted by molar-refractivity contribution is 5.70. The summed E-state index contributed by atoms with van der Waals surface area (Å²) in [7, 11) is 0. The summed E-state index contributed by atoms with van der Waals surface area (Å²) in [6.07, 6.45) is 3.14. The van der Waals surface area contributed by atoms with Crippen LogP contribution in [0.1, 0.15) is 28.4 Å². The van der Waals surface area contributed by atoms with E-state index < -0.39 is 11.8 Å². The molecule has 0 fully saturated rings. The number of anilines is 1. The van der Waals surface area contributed by atoms with Gasteiger partial charge in [-0.3, -0.25) is 9.78 Å². The highest BCUT2D eigenvalue weighted by Gasteiger charge is 2.27. The Kier molecular flexibility index (Phi) is 6.57. The summed E-state index contributed by atoms with van der Waals surface area (Å²) < 4.78 is 13.9. The molecule has 1 aliphatic heterocycles. The molecular formula is C25H26FN3O2. The summed E-state index contributed by atoms with van der Waals surface area (Å²) in [6, 6.07) is 19.0. The van der Waals surface area contributed by atoms with Crippen molar-refractivity contribution in [1.29, 1.82) is 0 Å². The number of rotatable bonds is 8. The lowest BCUT2D eigenvalue weighted by Gasteiger charge is -2.33. The number of hydrogen-bond acceptors (Lipinski definition) is 4. The van der Waals surface area contributed by atoms with Crippen LogP contribution >= 0.6 is 0 Å². The Morgan fingerprint density at radius 2 is 1.97 bits per heavy atom. The van der Waals surface area contributed by atoms with Crippen LogP contribution in [0.5, 0.6) is 0 Å². The zero-order valence-electron chi connectivity index (χ0n) is 17.2. The highest BCUT2D eigenvalue weighted by Crippen LogP contribution is 2.31. The number of carboxylic acids is 1. The third kappa shape index (κ3) is 5.47. The molecule has 5 nitrogen and oxygen atoms in total. The molecule has 0 unspecified atom stereocenters. The average Bonchev–Trinajstić information content (AvgIpc) is 2.76. The first-order valence-electron chi connectivity index (χ1n) is 10.5. The SMILES string of the molecule is O=C(O)Cc1cc(F)cc(CCN[C@H](c2ccccc2)[C@H]2CNc3cccnc3C2)c1. The van der Waals surface area contributed by atoms with Crippen LogP contribution in [0.25, 0.3) is 0 Å². The fraction of sp³-hybridized carbons (Fsp3) is 0.280. The predicted octanol–water partition coefficient (Wildman–Crippen LogP) is 4.01. The minimum absolute atomic E-state index is 0.121. The maximum absolute atomic E-state index is 13.9. The van der Waals surface area contributed by atoms with Crippen molar-refractivity contribution in [3.63, 3.8) is 0 Å². The van der Waals surface area contributed by atoms with Gasteiger partial charge in [0.25, 0.3) is 0 Å². The number of halogens is 1. The summed E-state index contributed by atoms with van der Waals surface area (Å²) >= 11 is 0. The van der Waals surface area contributed by atoms with Crippen molar-refractivity contribution in [2.24, 2.45) is 5.92 Å². The predicted molar refractivity (Wildman–Crippen MR) is 119 cm³/mol. The Balaban J connectivity index is 1.47. The van der Waals surface area contributed by atoms with Gasteiger partial charge in [0.15, 0.2) is 0 Å². The summed E-state index contributed by atoms with van der Waals surface area (Å²) in [4.78, 5) is 15.5. The third-order valence-electron chi connectivity index (χ3n) is 5.68. The monoisotopic (exact) mass is 419 g/mol. The second kappa shape index (κ2) is 9.71. The summed E-state index contributed by atoms with van der Waals surface area (Å²) in [5.41, 5.74) is 4.66. The number of carbonyl (C=O) groups is 1. The molecule has 2 aromatic carbocycles. The van der Waals surface area contributed by atoms with Crippen LogP contribution in [0.3, 0.4) is 0 Å². The molecule has 1 aromatic heterocycles. The molecule has 4 rings (SSSR count). The number of fused-ring (bicyclic) bond motifs is 1. The smallest absolute Gasteiger partial charge is 0.307 e. The highest BCUT2D eigenvalue weighted by atomic mass is 19.1. The second-order valence-electron chi connectivity index (χ2n) is 7.97. The van der Waals surface area contributed by atoms with Gasteiger partial charge < -0.3 is 15.7 Å². The van der Waals surface area contributed by atoms with Crippen molar-refractivity contribution in [3.05, 3.63) is 95.1 Å². The molecular weight excluding hydrogens is 393 g/mol. The van der Waals surface area contributed by atoms with Gasteiger partial charge in [0, 0.05) is 24.7 Å². The molecule has 2 atom stereocenters. The van der Waals surface area contributed by atoms with E-state index in [9.17, 15) is 9.18 Å². The molecule has 31 heavy (non-hydrogen) atoms. The number of carboxylic acid groups (broad SMARTS) is 1. The molecule has 3 aromatic rings. The average molecular weight is 420 g/mol. The molecule has 160 valence electrons. The van der Waals surface area contributed by atoms with Gasteiger partial charge >= 0.3 is 5.97 Å². The van der Waals surface area contributed by atoms with E-state index in [2.05, 4.69) is 33.8 Å². The van der Waals surface area contributed by atoms with E-state index >= 15 is 0 Å². The van der Waals surface area contributed by atoms with E-state index in [0.717, 1.165) is 29.9 Å². The van der Waals surface area contributed by atoms with Crippen LogP contribution in [0.2, 0.25) is 0 Å². The van der Waals surface area contributed by atoms with Gasteiger partial charge in [-0.1, -0.05) is 36.4 Å². The lowest BCUT2D eigenvalue weighted by Crippen LogP contribution is -2.37. The normalized spacial score (nSPS) is 16.2. The molecule has 0 amide bonds. The largest absolute Gasteiger partial charge is 0.481 e.